The molecule has 2 nitrogen and oxygen atoms in total. The maximum atomic E-state index is 11.9. The van der Waals surface area contributed by atoms with Crippen molar-refractivity contribution in [2.75, 3.05) is 0 Å². The molecule has 2 saturated carbocycles. The summed E-state index contributed by atoms with van der Waals surface area (Å²) in [5.74, 6) is 0.574. The lowest BCUT2D eigenvalue weighted by Gasteiger charge is -2.43. The molecule has 0 radical (unpaired) electrons. The molecular weight excluding hydrogens is 198 g/mol. The van der Waals surface area contributed by atoms with Crippen LogP contribution in [0.2, 0.25) is 0 Å². The summed E-state index contributed by atoms with van der Waals surface area (Å²) in [5.41, 5.74) is 1.23. The quantitative estimate of drug-likeness (QED) is 0.825. The van der Waals surface area contributed by atoms with Crippen molar-refractivity contribution in [2.45, 2.75) is 37.6 Å². The van der Waals surface area contributed by atoms with Crippen molar-refractivity contribution < 1.29 is 4.79 Å². The Hall–Kier alpha value is -1.31. The highest BCUT2D eigenvalue weighted by Crippen LogP contribution is 2.42. The first-order valence-corrected chi connectivity index (χ1v) is 6.18. The second kappa shape index (κ2) is 3.62. The van der Waals surface area contributed by atoms with E-state index in [1.54, 1.807) is 0 Å². The Morgan fingerprint density at radius 3 is 2.38 bits per heavy atom. The standard InChI is InChI=1S/C14H17NO/c16-13(11-7-8-11)15-14(9-4-10-14)12-5-2-1-3-6-12/h1-3,5-6,11H,4,7-10H2,(H,15,16). The zero-order chi connectivity index (χ0) is 11.0. The van der Waals surface area contributed by atoms with Crippen LogP contribution < -0.4 is 5.32 Å². The molecule has 0 aromatic heterocycles. The topological polar surface area (TPSA) is 29.1 Å². The summed E-state index contributed by atoms with van der Waals surface area (Å²) in [6.45, 7) is 0. The molecular formula is C14H17NO. The van der Waals surface area contributed by atoms with Crippen LogP contribution in [0.4, 0.5) is 0 Å². The van der Waals surface area contributed by atoms with Crippen LogP contribution in [0.15, 0.2) is 30.3 Å². The average molecular weight is 215 g/mol. The third-order valence-electron chi connectivity index (χ3n) is 3.84. The van der Waals surface area contributed by atoms with E-state index < -0.39 is 0 Å². The van der Waals surface area contributed by atoms with Crippen LogP contribution in [0.3, 0.4) is 0 Å². The van der Waals surface area contributed by atoms with E-state index in [4.69, 9.17) is 0 Å². The molecule has 1 aromatic rings. The van der Waals surface area contributed by atoms with Crippen molar-refractivity contribution in [3.05, 3.63) is 35.9 Å². The third-order valence-corrected chi connectivity index (χ3v) is 3.84. The first-order valence-electron chi connectivity index (χ1n) is 6.18. The molecule has 1 N–H and O–H groups in total. The van der Waals surface area contributed by atoms with Gasteiger partial charge in [-0.05, 0) is 37.7 Å². The Morgan fingerprint density at radius 2 is 1.88 bits per heavy atom. The predicted octanol–water partition coefficient (Wildman–Crippen LogP) is 2.59. The molecule has 0 bridgehead atoms. The minimum Gasteiger partial charge on any atom is -0.346 e. The SMILES string of the molecule is O=C(NC1(c2ccccc2)CCC1)C1CC1. The maximum Gasteiger partial charge on any atom is 0.223 e. The van der Waals surface area contributed by atoms with Gasteiger partial charge in [-0.2, -0.15) is 0 Å². The Labute approximate surface area is 96.1 Å². The Balaban J connectivity index is 1.80. The van der Waals surface area contributed by atoms with Crippen LogP contribution in [-0.2, 0) is 10.3 Å². The lowest BCUT2D eigenvalue weighted by Crippen LogP contribution is -2.51. The van der Waals surface area contributed by atoms with Crippen LogP contribution in [0.5, 0.6) is 0 Å². The first-order chi connectivity index (χ1) is 7.80. The minimum atomic E-state index is -0.0407. The second-order valence-electron chi connectivity index (χ2n) is 5.07. The van der Waals surface area contributed by atoms with E-state index in [2.05, 4.69) is 29.6 Å². The zero-order valence-electron chi connectivity index (χ0n) is 9.41. The van der Waals surface area contributed by atoms with E-state index in [0.717, 1.165) is 25.7 Å². The van der Waals surface area contributed by atoms with Gasteiger partial charge in [-0.3, -0.25) is 4.79 Å². The molecule has 0 unspecified atom stereocenters. The third kappa shape index (κ3) is 1.62. The molecule has 0 atom stereocenters. The smallest absolute Gasteiger partial charge is 0.223 e. The minimum absolute atomic E-state index is 0.0407. The van der Waals surface area contributed by atoms with Gasteiger partial charge in [0.25, 0.3) is 0 Å². The number of rotatable bonds is 3. The fourth-order valence-electron chi connectivity index (χ4n) is 2.46. The number of hydrogen-bond acceptors (Lipinski definition) is 1. The fourth-order valence-corrected chi connectivity index (χ4v) is 2.46. The van der Waals surface area contributed by atoms with Gasteiger partial charge in [-0.25, -0.2) is 0 Å². The fraction of sp³-hybridized carbons (Fsp3) is 0.500. The average Bonchev–Trinajstić information content (AvgIpc) is 3.08. The summed E-state index contributed by atoms with van der Waals surface area (Å²) in [6, 6.07) is 10.4. The van der Waals surface area contributed by atoms with Crippen molar-refractivity contribution in [1.29, 1.82) is 0 Å². The van der Waals surface area contributed by atoms with Gasteiger partial charge >= 0.3 is 0 Å². The Bertz CT molecular complexity index is 390. The van der Waals surface area contributed by atoms with Crippen molar-refractivity contribution in [3.63, 3.8) is 0 Å². The lowest BCUT2D eigenvalue weighted by molar-refractivity contribution is -0.125. The van der Waals surface area contributed by atoms with Crippen LogP contribution in [-0.4, -0.2) is 5.91 Å². The normalized spacial score (nSPS) is 22.2. The lowest BCUT2D eigenvalue weighted by atomic mass is 9.71. The number of carbonyl (C=O) groups excluding carboxylic acids is 1. The summed E-state index contributed by atoms with van der Waals surface area (Å²) in [5, 5.41) is 3.27. The largest absolute Gasteiger partial charge is 0.346 e. The summed E-state index contributed by atoms with van der Waals surface area (Å²) in [6.07, 6.45) is 5.57. The van der Waals surface area contributed by atoms with Crippen molar-refractivity contribution in [3.8, 4) is 0 Å². The molecule has 2 heteroatoms. The monoisotopic (exact) mass is 215 g/mol. The van der Waals surface area contributed by atoms with Gasteiger partial charge in [0.1, 0.15) is 0 Å². The molecule has 16 heavy (non-hydrogen) atoms. The molecule has 1 aromatic carbocycles. The van der Waals surface area contributed by atoms with E-state index in [1.165, 1.54) is 12.0 Å². The van der Waals surface area contributed by atoms with Gasteiger partial charge in [0.2, 0.25) is 5.91 Å². The number of carbonyl (C=O) groups is 1. The zero-order valence-corrected chi connectivity index (χ0v) is 9.41. The molecule has 0 saturated heterocycles. The van der Waals surface area contributed by atoms with Gasteiger partial charge in [-0.15, -0.1) is 0 Å². The summed E-state index contributed by atoms with van der Waals surface area (Å²) in [7, 11) is 0. The number of amides is 1. The number of hydrogen-bond donors (Lipinski definition) is 1. The van der Waals surface area contributed by atoms with Gasteiger partial charge in [-0.1, -0.05) is 30.3 Å². The highest BCUT2D eigenvalue weighted by molar-refractivity contribution is 5.82. The van der Waals surface area contributed by atoms with Crippen LogP contribution in [0, 0.1) is 5.92 Å². The van der Waals surface area contributed by atoms with E-state index >= 15 is 0 Å². The van der Waals surface area contributed by atoms with Gasteiger partial charge in [0.15, 0.2) is 0 Å². The second-order valence-corrected chi connectivity index (χ2v) is 5.07. The highest BCUT2D eigenvalue weighted by Gasteiger charge is 2.42. The van der Waals surface area contributed by atoms with Crippen molar-refractivity contribution in [1.82, 2.24) is 5.32 Å². The molecule has 1 amide bonds. The van der Waals surface area contributed by atoms with Gasteiger partial charge < -0.3 is 5.32 Å². The summed E-state index contributed by atoms with van der Waals surface area (Å²) in [4.78, 5) is 11.9. The van der Waals surface area contributed by atoms with E-state index in [-0.39, 0.29) is 11.4 Å². The highest BCUT2D eigenvalue weighted by atomic mass is 16.2. The maximum absolute atomic E-state index is 11.9. The van der Waals surface area contributed by atoms with Crippen LogP contribution in [0.1, 0.15) is 37.7 Å². The van der Waals surface area contributed by atoms with Crippen molar-refractivity contribution in [2.24, 2.45) is 5.92 Å². The van der Waals surface area contributed by atoms with Crippen molar-refractivity contribution >= 4 is 5.91 Å². The van der Waals surface area contributed by atoms with Gasteiger partial charge in [0, 0.05) is 5.92 Å². The summed E-state index contributed by atoms with van der Waals surface area (Å²) >= 11 is 0. The van der Waals surface area contributed by atoms with E-state index in [0.29, 0.717) is 5.92 Å². The summed E-state index contributed by atoms with van der Waals surface area (Å²) < 4.78 is 0. The predicted molar refractivity (Wildman–Crippen MR) is 62.8 cm³/mol. The molecule has 0 heterocycles. The van der Waals surface area contributed by atoms with E-state index in [1.807, 2.05) is 6.07 Å². The number of benzene rings is 1. The first kappa shape index (κ1) is 9.88. The molecule has 84 valence electrons. The molecule has 2 aliphatic carbocycles. The van der Waals surface area contributed by atoms with Gasteiger partial charge in [0.05, 0.1) is 5.54 Å². The Morgan fingerprint density at radius 1 is 1.19 bits per heavy atom. The molecule has 0 aliphatic heterocycles. The van der Waals surface area contributed by atoms with Crippen LogP contribution >= 0.6 is 0 Å². The van der Waals surface area contributed by atoms with E-state index in [9.17, 15) is 4.79 Å². The molecule has 3 rings (SSSR count). The van der Waals surface area contributed by atoms with Crippen LogP contribution in [0.25, 0.3) is 0 Å². The molecule has 0 spiro atoms. The Kier molecular flexibility index (Phi) is 2.23. The molecule has 2 fully saturated rings. The molecule has 2 aliphatic rings. The number of nitrogens with one attached hydrogen (secondary N) is 1.